The summed E-state index contributed by atoms with van der Waals surface area (Å²) in [4.78, 5) is 0. The lowest BCUT2D eigenvalue weighted by atomic mass is 10.1. The Kier molecular flexibility index (Phi) is 2.85. The quantitative estimate of drug-likeness (QED) is 0.510. The van der Waals surface area contributed by atoms with Crippen molar-refractivity contribution in [3.63, 3.8) is 0 Å². The summed E-state index contributed by atoms with van der Waals surface area (Å²) in [5.74, 6) is 7.23. The molecule has 0 bridgehead atoms. The largest absolute Gasteiger partial charge is 0.389 e. The molecule has 1 nitrogen and oxygen atoms in total. The van der Waals surface area contributed by atoms with E-state index in [0.717, 1.165) is 0 Å². The standard InChI is InChI=1S/C8H10O/c1-4-5-6-7-8(2,3)9/h1,9H,7H2,2-3H3. The van der Waals surface area contributed by atoms with E-state index in [4.69, 9.17) is 11.5 Å². The second-order valence-electron chi connectivity index (χ2n) is 2.44. The molecule has 0 spiro atoms. The van der Waals surface area contributed by atoms with Gasteiger partial charge in [-0.1, -0.05) is 5.92 Å². The summed E-state index contributed by atoms with van der Waals surface area (Å²) in [6.07, 6.45) is 5.28. The van der Waals surface area contributed by atoms with Gasteiger partial charge in [-0.15, -0.1) is 6.42 Å². The zero-order valence-electron chi connectivity index (χ0n) is 5.73. The molecule has 1 N–H and O–H groups in total. The number of terminal acetylenes is 1. The fraction of sp³-hybridized carbons (Fsp3) is 0.500. The van der Waals surface area contributed by atoms with Gasteiger partial charge in [-0.25, -0.2) is 0 Å². The van der Waals surface area contributed by atoms with Crippen molar-refractivity contribution in [2.45, 2.75) is 25.9 Å². The molecule has 0 rings (SSSR count). The third-order valence-electron chi connectivity index (χ3n) is 0.682. The van der Waals surface area contributed by atoms with Gasteiger partial charge >= 0.3 is 0 Å². The average Bonchev–Trinajstić information content (AvgIpc) is 1.63. The minimum atomic E-state index is -0.718. The van der Waals surface area contributed by atoms with Gasteiger partial charge in [0.2, 0.25) is 0 Å². The lowest BCUT2D eigenvalue weighted by Crippen LogP contribution is -2.16. The molecule has 0 aromatic heterocycles. The number of rotatable bonds is 1. The van der Waals surface area contributed by atoms with Crippen LogP contribution in [0.4, 0.5) is 0 Å². The molecule has 0 aliphatic rings. The first-order valence-corrected chi connectivity index (χ1v) is 2.72. The van der Waals surface area contributed by atoms with Crippen molar-refractivity contribution in [1.29, 1.82) is 0 Å². The zero-order chi connectivity index (χ0) is 7.33. The van der Waals surface area contributed by atoms with Gasteiger partial charge in [0.05, 0.1) is 5.60 Å². The van der Waals surface area contributed by atoms with Crippen LogP contribution < -0.4 is 0 Å². The molecule has 0 aliphatic heterocycles. The van der Waals surface area contributed by atoms with Crippen LogP contribution in [0, 0.1) is 24.2 Å². The van der Waals surface area contributed by atoms with E-state index in [-0.39, 0.29) is 0 Å². The SMILES string of the molecule is C#CC#CCC(C)(C)O. The molecular weight excluding hydrogens is 112 g/mol. The van der Waals surface area contributed by atoms with Gasteiger partial charge in [0.1, 0.15) is 0 Å². The summed E-state index contributed by atoms with van der Waals surface area (Å²) in [5.41, 5.74) is -0.718. The van der Waals surface area contributed by atoms with E-state index in [2.05, 4.69) is 17.8 Å². The van der Waals surface area contributed by atoms with Crippen LogP contribution >= 0.6 is 0 Å². The minimum Gasteiger partial charge on any atom is -0.389 e. The van der Waals surface area contributed by atoms with Crippen molar-refractivity contribution in [2.24, 2.45) is 0 Å². The Balaban J connectivity index is 3.67. The normalized spacial score (nSPS) is 9.11. The van der Waals surface area contributed by atoms with Crippen LogP contribution in [0.2, 0.25) is 0 Å². The highest BCUT2D eigenvalue weighted by atomic mass is 16.3. The predicted molar refractivity (Wildman–Crippen MR) is 37.5 cm³/mol. The van der Waals surface area contributed by atoms with Crippen molar-refractivity contribution >= 4 is 0 Å². The highest BCUT2D eigenvalue weighted by Crippen LogP contribution is 2.04. The Labute approximate surface area is 56.1 Å². The van der Waals surface area contributed by atoms with Gasteiger partial charge in [-0.2, -0.15) is 0 Å². The molecule has 1 heteroatoms. The molecule has 0 saturated carbocycles. The van der Waals surface area contributed by atoms with Gasteiger partial charge in [0.25, 0.3) is 0 Å². The molecule has 0 saturated heterocycles. The highest BCUT2D eigenvalue weighted by Gasteiger charge is 2.08. The van der Waals surface area contributed by atoms with Crippen LogP contribution in [0.1, 0.15) is 20.3 Å². The molecule has 0 amide bonds. The van der Waals surface area contributed by atoms with E-state index in [0.29, 0.717) is 6.42 Å². The Morgan fingerprint density at radius 1 is 1.56 bits per heavy atom. The maximum Gasteiger partial charge on any atom is 0.0700 e. The molecule has 0 aromatic rings. The van der Waals surface area contributed by atoms with Gasteiger partial charge < -0.3 is 5.11 Å². The van der Waals surface area contributed by atoms with Gasteiger partial charge in [-0.3, -0.25) is 0 Å². The Bertz CT molecular complexity index is 167. The maximum atomic E-state index is 9.07. The lowest BCUT2D eigenvalue weighted by molar-refractivity contribution is 0.0862. The van der Waals surface area contributed by atoms with Crippen LogP contribution in [0.3, 0.4) is 0 Å². The smallest absolute Gasteiger partial charge is 0.0700 e. The topological polar surface area (TPSA) is 20.2 Å². The molecule has 0 aromatic carbocycles. The van der Waals surface area contributed by atoms with Gasteiger partial charge in [0, 0.05) is 6.42 Å². The summed E-state index contributed by atoms with van der Waals surface area (Å²) in [6, 6.07) is 0. The number of hydrogen-bond acceptors (Lipinski definition) is 1. The summed E-state index contributed by atoms with van der Waals surface area (Å²) < 4.78 is 0. The molecule has 0 fully saturated rings. The molecule has 0 radical (unpaired) electrons. The van der Waals surface area contributed by atoms with Crippen LogP contribution in [-0.4, -0.2) is 10.7 Å². The molecule has 0 aliphatic carbocycles. The molecule has 48 valence electrons. The first-order valence-electron chi connectivity index (χ1n) is 2.72. The highest BCUT2D eigenvalue weighted by molar-refractivity contribution is 5.22. The third kappa shape index (κ3) is 7.08. The van der Waals surface area contributed by atoms with E-state index in [9.17, 15) is 0 Å². The van der Waals surface area contributed by atoms with Crippen molar-refractivity contribution < 1.29 is 5.11 Å². The lowest BCUT2D eigenvalue weighted by Gasteiger charge is -2.10. The van der Waals surface area contributed by atoms with Crippen molar-refractivity contribution in [3.05, 3.63) is 0 Å². The van der Waals surface area contributed by atoms with E-state index in [1.807, 2.05) is 0 Å². The Hall–Kier alpha value is -0.920. The summed E-state index contributed by atoms with van der Waals surface area (Å²) in [6.45, 7) is 3.39. The van der Waals surface area contributed by atoms with E-state index in [1.54, 1.807) is 13.8 Å². The molecular formula is C8H10O. The first kappa shape index (κ1) is 8.08. The van der Waals surface area contributed by atoms with Crippen molar-refractivity contribution in [2.75, 3.05) is 0 Å². The first-order chi connectivity index (χ1) is 4.06. The fourth-order valence-corrected chi connectivity index (χ4v) is 0.312. The van der Waals surface area contributed by atoms with Crippen LogP contribution in [-0.2, 0) is 0 Å². The second kappa shape index (κ2) is 3.17. The van der Waals surface area contributed by atoms with E-state index in [1.165, 1.54) is 0 Å². The molecule has 0 unspecified atom stereocenters. The third-order valence-corrected chi connectivity index (χ3v) is 0.682. The fourth-order valence-electron chi connectivity index (χ4n) is 0.312. The second-order valence-corrected chi connectivity index (χ2v) is 2.44. The minimum absolute atomic E-state index is 0.428. The van der Waals surface area contributed by atoms with E-state index >= 15 is 0 Å². The van der Waals surface area contributed by atoms with Crippen molar-refractivity contribution in [3.8, 4) is 24.2 Å². The van der Waals surface area contributed by atoms with Crippen molar-refractivity contribution in [1.82, 2.24) is 0 Å². The number of hydrogen-bond donors (Lipinski definition) is 1. The van der Waals surface area contributed by atoms with Gasteiger partial charge in [0.15, 0.2) is 0 Å². The Morgan fingerprint density at radius 3 is 2.44 bits per heavy atom. The van der Waals surface area contributed by atoms with Crippen LogP contribution in [0.5, 0.6) is 0 Å². The average molecular weight is 122 g/mol. The zero-order valence-corrected chi connectivity index (χ0v) is 5.73. The van der Waals surface area contributed by atoms with Crippen LogP contribution in [0.25, 0.3) is 0 Å². The molecule has 0 atom stereocenters. The summed E-state index contributed by atoms with van der Waals surface area (Å²) >= 11 is 0. The molecule has 9 heavy (non-hydrogen) atoms. The predicted octanol–water partition coefficient (Wildman–Crippen LogP) is 0.784. The van der Waals surface area contributed by atoms with Crippen LogP contribution in [0.15, 0.2) is 0 Å². The van der Waals surface area contributed by atoms with Gasteiger partial charge in [-0.05, 0) is 25.7 Å². The van der Waals surface area contributed by atoms with E-state index < -0.39 is 5.60 Å². The summed E-state index contributed by atoms with van der Waals surface area (Å²) in [5, 5.41) is 9.07. The monoisotopic (exact) mass is 122 g/mol. The maximum absolute atomic E-state index is 9.07. The summed E-state index contributed by atoms with van der Waals surface area (Å²) in [7, 11) is 0. The Morgan fingerprint density at radius 2 is 2.11 bits per heavy atom. The number of aliphatic hydroxyl groups is 1. The molecule has 0 heterocycles.